The maximum Gasteiger partial charge on any atom is -0.107 e. The number of hydrogen-bond donors (Lipinski definition) is 1. The molecule has 2 heterocycles. The van der Waals surface area contributed by atoms with Crippen LogP contribution in [0.4, 0.5) is 0 Å². The minimum atomic E-state index is 0. The zero-order valence-corrected chi connectivity index (χ0v) is 14.7. The summed E-state index contributed by atoms with van der Waals surface area (Å²) in [6, 6.07) is 0. The molecule has 0 atom stereocenters. The molecular weight excluding hydrogens is 442 g/mol. The predicted molar refractivity (Wildman–Crippen MR) is 76.2 cm³/mol. The fourth-order valence-electron chi connectivity index (χ4n) is 1.95. The molecule has 0 saturated carbocycles. The van der Waals surface area contributed by atoms with Crippen molar-refractivity contribution in [2.45, 2.75) is 13.0 Å². The summed E-state index contributed by atoms with van der Waals surface area (Å²) >= 11 is 0.199. The Morgan fingerprint density at radius 2 is 2.12 bits per heavy atom. The zero-order valence-electron chi connectivity index (χ0n) is 10.2. The first kappa shape index (κ1) is 15.6. The maximum absolute atomic E-state index is 4.38. The van der Waals surface area contributed by atoms with Gasteiger partial charge in [-0.1, -0.05) is 0 Å². The van der Waals surface area contributed by atoms with E-state index in [-0.39, 0.29) is 45.2 Å². The molecule has 1 saturated heterocycles. The molecule has 1 aliphatic rings. The fourth-order valence-corrected chi connectivity index (χ4v) is 2.95. The molecule has 1 aromatic heterocycles. The molecule has 1 fully saturated rings. The van der Waals surface area contributed by atoms with Crippen molar-refractivity contribution in [2.24, 2.45) is 0 Å². The van der Waals surface area contributed by atoms with E-state index >= 15 is 0 Å². The predicted octanol–water partition coefficient (Wildman–Crippen LogP) is -2.32. The number of aryl methyl sites for hydroxylation is 1. The third kappa shape index (κ3) is 5.39. The summed E-state index contributed by atoms with van der Waals surface area (Å²) in [6.45, 7) is 6.96. The van der Waals surface area contributed by atoms with Crippen LogP contribution in [0, 0.1) is 3.57 Å². The Morgan fingerprint density at radius 1 is 1.35 bits per heavy atom. The molecule has 0 bridgehead atoms. The number of halogens is 2. The molecule has 0 radical (unpaired) electrons. The van der Waals surface area contributed by atoms with Crippen molar-refractivity contribution in [3.8, 4) is 0 Å². The van der Waals surface area contributed by atoms with Crippen molar-refractivity contribution in [3.63, 3.8) is 0 Å². The second-order valence-electron chi connectivity index (χ2n) is 4.06. The van der Waals surface area contributed by atoms with Crippen molar-refractivity contribution in [1.29, 1.82) is 0 Å². The van der Waals surface area contributed by atoms with Crippen molar-refractivity contribution < 1.29 is 21.2 Å². The number of alkyl halides is 1. The standard InChI is InChI=1S/C11H20IN4.HI/c1-12-11-9-14-16(10-11)6-2-5-15-7-3-13-4-8-15;/h9-10,13H,2-8H2,1H3;1H/q-1;. The number of aromatic nitrogens is 2. The first-order valence-electron chi connectivity index (χ1n) is 5.83. The Balaban J connectivity index is 0.00000144. The van der Waals surface area contributed by atoms with Gasteiger partial charge in [-0.05, 0) is 0 Å². The van der Waals surface area contributed by atoms with Gasteiger partial charge in [0.2, 0.25) is 0 Å². The largest absolute Gasteiger partial charge is 0.107 e. The van der Waals surface area contributed by atoms with E-state index < -0.39 is 0 Å². The Labute approximate surface area is 131 Å². The maximum atomic E-state index is 4.38. The fraction of sp³-hybridized carbons (Fsp3) is 0.727. The molecule has 0 aliphatic carbocycles. The summed E-state index contributed by atoms with van der Waals surface area (Å²) in [6.07, 6.45) is 5.45. The molecule has 1 N–H and O–H groups in total. The van der Waals surface area contributed by atoms with E-state index in [1.54, 1.807) is 0 Å². The van der Waals surface area contributed by atoms with E-state index in [4.69, 9.17) is 0 Å². The van der Waals surface area contributed by atoms with Crippen molar-refractivity contribution in [1.82, 2.24) is 20.0 Å². The van der Waals surface area contributed by atoms with E-state index in [0.717, 1.165) is 19.6 Å². The SMILES string of the molecule is C[I-]c1cnn(CCCN2CCNCC2)c1.I. The quantitative estimate of drug-likeness (QED) is 0.394. The van der Waals surface area contributed by atoms with E-state index in [1.807, 2.05) is 6.20 Å². The van der Waals surface area contributed by atoms with Gasteiger partial charge in [0, 0.05) is 0 Å². The van der Waals surface area contributed by atoms with E-state index in [0.29, 0.717) is 0 Å². The van der Waals surface area contributed by atoms with E-state index in [2.05, 4.69) is 31.1 Å². The first-order chi connectivity index (χ1) is 7.88. The molecule has 0 aromatic carbocycles. The van der Waals surface area contributed by atoms with Gasteiger partial charge in [0.05, 0.1) is 0 Å². The minimum absolute atomic E-state index is 0. The second-order valence-corrected chi connectivity index (χ2v) is 6.38. The van der Waals surface area contributed by atoms with Crippen LogP contribution in [0.15, 0.2) is 12.4 Å². The van der Waals surface area contributed by atoms with Gasteiger partial charge in [-0.15, -0.1) is 24.0 Å². The molecule has 0 amide bonds. The van der Waals surface area contributed by atoms with Crippen LogP contribution in [0.25, 0.3) is 0 Å². The van der Waals surface area contributed by atoms with Gasteiger partial charge >= 0.3 is 108 Å². The Hall–Kier alpha value is 0.590. The molecule has 1 aromatic rings. The summed E-state index contributed by atoms with van der Waals surface area (Å²) < 4.78 is 3.54. The Kier molecular flexibility index (Phi) is 7.96. The molecule has 6 heteroatoms. The molecule has 100 valence electrons. The van der Waals surface area contributed by atoms with Gasteiger partial charge in [0.1, 0.15) is 0 Å². The summed E-state index contributed by atoms with van der Waals surface area (Å²) in [5, 5.41) is 7.76. The van der Waals surface area contributed by atoms with E-state index in [1.165, 1.54) is 29.6 Å². The average molecular weight is 463 g/mol. The van der Waals surface area contributed by atoms with Crippen LogP contribution in [0.1, 0.15) is 6.42 Å². The van der Waals surface area contributed by atoms with E-state index in [9.17, 15) is 0 Å². The first-order valence-corrected chi connectivity index (χ1v) is 9.07. The molecule has 2 rings (SSSR count). The third-order valence-electron chi connectivity index (χ3n) is 2.89. The van der Waals surface area contributed by atoms with Gasteiger partial charge in [-0.2, -0.15) is 0 Å². The van der Waals surface area contributed by atoms with Crippen molar-refractivity contribution in [2.75, 3.05) is 37.7 Å². The van der Waals surface area contributed by atoms with Gasteiger partial charge in [0.25, 0.3) is 0 Å². The summed E-state index contributed by atoms with van der Waals surface area (Å²) in [4.78, 5) is 4.81. The monoisotopic (exact) mass is 463 g/mol. The van der Waals surface area contributed by atoms with Gasteiger partial charge in [0.15, 0.2) is 0 Å². The molecule has 4 nitrogen and oxygen atoms in total. The number of piperazine rings is 1. The van der Waals surface area contributed by atoms with Gasteiger partial charge < -0.3 is 0 Å². The van der Waals surface area contributed by atoms with Crippen LogP contribution in [0.5, 0.6) is 0 Å². The summed E-state index contributed by atoms with van der Waals surface area (Å²) in [5.41, 5.74) is 0. The van der Waals surface area contributed by atoms with Crippen molar-refractivity contribution in [3.05, 3.63) is 16.0 Å². The van der Waals surface area contributed by atoms with Crippen LogP contribution in [-0.2, 0) is 6.54 Å². The second kappa shape index (κ2) is 8.65. The smallest absolute Gasteiger partial charge is 0.107 e. The Morgan fingerprint density at radius 3 is 2.76 bits per heavy atom. The van der Waals surface area contributed by atoms with Crippen LogP contribution in [0.2, 0.25) is 0 Å². The van der Waals surface area contributed by atoms with Gasteiger partial charge in [-0.25, -0.2) is 0 Å². The van der Waals surface area contributed by atoms with Crippen molar-refractivity contribution >= 4 is 24.0 Å². The number of rotatable bonds is 5. The van der Waals surface area contributed by atoms with Gasteiger partial charge in [-0.3, -0.25) is 0 Å². The summed E-state index contributed by atoms with van der Waals surface area (Å²) in [7, 11) is 0. The van der Waals surface area contributed by atoms with Crippen LogP contribution >= 0.6 is 24.0 Å². The molecule has 1 aliphatic heterocycles. The third-order valence-corrected chi connectivity index (χ3v) is 4.69. The molecule has 0 unspecified atom stereocenters. The van der Waals surface area contributed by atoms with Crippen LogP contribution < -0.4 is 26.5 Å². The van der Waals surface area contributed by atoms with Crippen LogP contribution in [-0.4, -0.2) is 52.3 Å². The molecule has 17 heavy (non-hydrogen) atoms. The zero-order chi connectivity index (χ0) is 11.2. The summed E-state index contributed by atoms with van der Waals surface area (Å²) in [5.74, 6) is 0. The molecule has 0 spiro atoms. The average Bonchev–Trinajstić information content (AvgIpc) is 2.78. The Bertz CT molecular complexity index is 310. The topological polar surface area (TPSA) is 33.1 Å². The number of nitrogens with one attached hydrogen (secondary N) is 1. The number of nitrogens with zero attached hydrogens (tertiary/aromatic N) is 3. The van der Waals surface area contributed by atoms with Crippen LogP contribution in [0.3, 0.4) is 0 Å². The number of hydrogen-bond acceptors (Lipinski definition) is 3. The normalized spacial score (nSPS) is 17.0. The molecular formula is C11H21I2N4-. The minimum Gasteiger partial charge on any atom is -0.107 e.